The molecule has 0 heterocycles. The van der Waals surface area contributed by atoms with Crippen LogP contribution in [0.5, 0.6) is 0 Å². The number of amides is 1. The molecule has 5 rings (SSSR count). The Morgan fingerprint density at radius 1 is 0.943 bits per heavy atom. The zero-order valence-electron chi connectivity index (χ0n) is 19.4. The predicted octanol–water partition coefficient (Wildman–Crippen LogP) is 4.07. The number of fused-ring (bicyclic) bond motifs is 4. The number of hydrogen-bond donors (Lipinski definition) is 3. The highest BCUT2D eigenvalue weighted by Crippen LogP contribution is 2.44. The number of aliphatic hydroxyl groups is 2. The average molecular weight is 472 g/mol. The Kier molecular flexibility index (Phi) is 6.66. The third-order valence-corrected chi connectivity index (χ3v) is 7.05. The van der Waals surface area contributed by atoms with Crippen LogP contribution in [0.15, 0.2) is 66.7 Å². The number of carbonyl (C=O) groups is 2. The molecule has 0 radical (unpaired) electrons. The summed E-state index contributed by atoms with van der Waals surface area (Å²) in [5, 5.41) is 23.7. The first-order valence-corrected chi connectivity index (χ1v) is 12.1. The smallest absolute Gasteiger partial charge is 0.407 e. The topological polar surface area (TPSA) is 95.9 Å². The molecule has 0 spiro atoms. The maximum Gasteiger partial charge on any atom is 0.407 e. The number of aliphatic hydroxyl groups excluding tert-OH is 2. The number of rotatable bonds is 7. The second kappa shape index (κ2) is 10.0. The molecule has 0 saturated carbocycles. The Hall–Kier alpha value is -3.48. The molecule has 6 nitrogen and oxygen atoms in total. The molecule has 6 heteroatoms. The molecule has 2 aliphatic rings. The zero-order chi connectivity index (χ0) is 24.4. The first-order chi connectivity index (χ1) is 17.0. The third-order valence-electron chi connectivity index (χ3n) is 7.05. The Morgan fingerprint density at radius 3 is 2.34 bits per heavy atom. The van der Waals surface area contributed by atoms with Gasteiger partial charge in [-0.3, -0.25) is 4.79 Å². The van der Waals surface area contributed by atoms with Crippen molar-refractivity contribution in [3.63, 3.8) is 0 Å². The Labute approximate surface area is 204 Å². The molecule has 2 aliphatic carbocycles. The molecule has 3 aromatic carbocycles. The van der Waals surface area contributed by atoms with Crippen molar-refractivity contribution in [1.29, 1.82) is 0 Å². The number of aryl methyl sites for hydroxylation is 1. The van der Waals surface area contributed by atoms with Crippen molar-refractivity contribution in [3.05, 3.63) is 94.5 Å². The van der Waals surface area contributed by atoms with Crippen LogP contribution >= 0.6 is 0 Å². The van der Waals surface area contributed by atoms with E-state index in [0.717, 1.165) is 22.3 Å². The Balaban J connectivity index is 1.12. The van der Waals surface area contributed by atoms with Gasteiger partial charge in [0.05, 0.1) is 6.10 Å². The maximum atomic E-state index is 12.3. The fourth-order valence-corrected chi connectivity index (χ4v) is 5.16. The number of ketones is 1. The largest absolute Gasteiger partial charge is 0.449 e. The predicted molar refractivity (Wildman–Crippen MR) is 132 cm³/mol. The Bertz CT molecular complexity index is 1210. The van der Waals surface area contributed by atoms with Crippen molar-refractivity contribution in [2.24, 2.45) is 0 Å². The van der Waals surface area contributed by atoms with Gasteiger partial charge >= 0.3 is 6.09 Å². The molecule has 0 saturated heterocycles. The van der Waals surface area contributed by atoms with Crippen molar-refractivity contribution in [1.82, 2.24) is 5.32 Å². The van der Waals surface area contributed by atoms with Crippen LogP contribution in [0.4, 0.5) is 4.79 Å². The van der Waals surface area contributed by atoms with Gasteiger partial charge in [-0.05, 0) is 51.8 Å². The summed E-state index contributed by atoms with van der Waals surface area (Å²) in [6, 6.07) is 21.8. The minimum absolute atomic E-state index is 0.0140. The summed E-state index contributed by atoms with van der Waals surface area (Å²) in [4.78, 5) is 23.9. The lowest BCUT2D eigenvalue weighted by atomic mass is 9.88. The highest BCUT2D eigenvalue weighted by molar-refractivity contribution is 5.83. The highest BCUT2D eigenvalue weighted by atomic mass is 16.5. The fourth-order valence-electron chi connectivity index (χ4n) is 5.16. The van der Waals surface area contributed by atoms with E-state index in [1.165, 1.54) is 11.1 Å². The summed E-state index contributed by atoms with van der Waals surface area (Å²) >= 11 is 0. The summed E-state index contributed by atoms with van der Waals surface area (Å²) < 4.78 is 5.52. The summed E-state index contributed by atoms with van der Waals surface area (Å²) in [5.41, 5.74) is 7.29. The molecule has 2 unspecified atom stereocenters. The molecule has 3 N–H and O–H groups in total. The van der Waals surface area contributed by atoms with Crippen LogP contribution in [-0.2, 0) is 22.4 Å². The van der Waals surface area contributed by atoms with Gasteiger partial charge in [0.1, 0.15) is 18.5 Å². The molecule has 0 aromatic heterocycles. The van der Waals surface area contributed by atoms with E-state index in [9.17, 15) is 19.8 Å². The standard InChI is InChI=1S/C29H29NO5/c31-21-12-11-18-15-20(10-9-19(18)16-21)28(33)27(32)13-14-30-29(34)35-17-26-24-7-3-1-5-22(24)23-6-2-4-8-25(23)26/h1-10,15,26-28,32-33H,11-14,16-17H2,(H,30,34). The van der Waals surface area contributed by atoms with Gasteiger partial charge in [-0.15, -0.1) is 0 Å². The minimum atomic E-state index is -1.07. The average Bonchev–Trinajstić information content (AvgIpc) is 3.20. The quantitative estimate of drug-likeness (QED) is 0.483. The van der Waals surface area contributed by atoms with Crippen LogP contribution in [0.1, 0.15) is 52.7 Å². The van der Waals surface area contributed by atoms with Gasteiger partial charge in [0.2, 0.25) is 0 Å². The second-order valence-electron chi connectivity index (χ2n) is 9.30. The molecule has 180 valence electrons. The van der Waals surface area contributed by atoms with Gasteiger partial charge < -0.3 is 20.3 Å². The van der Waals surface area contributed by atoms with E-state index in [1.807, 2.05) is 36.4 Å². The number of nitrogens with one attached hydrogen (secondary N) is 1. The second-order valence-corrected chi connectivity index (χ2v) is 9.30. The molecule has 2 atom stereocenters. The SMILES string of the molecule is O=C1CCc2cc(C(O)C(O)CCNC(=O)OCC3c4ccccc4-c4ccccc43)ccc2C1. The monoisotopic (exact) mass is 471 g/mol. The van der Waals surface area contributed by atoms with Crippen LogP contribution in [-0.4, -0.2) is 41.3 Å². The van der Waals surface area contributed by atoms with Gasteiger partial charge in [0.15, 0.2) is 0 Å². The zero-order valence-corrected chi connectivity index (χ0v) is 19.4. The third kappa shape index (κ3) is 4.85. The summed E-state index contributed by atoms with van der Waals surface area (Å²) in [6.45, 7) is 0.400. The molecule has 0 bridgehead atoms. The van der Waals surface area contributed by atoms with E-state index in [-0.39, 0.29) is 31.3 Å². The van der Waals surface area contributed by atoms with E-state index >= 15 is 0 Å². The number of alkyl carbamates (subject to hydrolysis) is 1. The number of carbonyl (C=O) groups excluding carboxylic acids is 2. The normalized spacial score (nSPS) is 16.1. The van der Waals surface area contributed by atoms with Crippen molar-refractivity contribution < 1.29 is 24.5 Å². The van der Waals surface area contributed by atoms with E-state index in [2.05, 4.69) is 29.6 Å². The lowest BCUT2D eigenvalue weighted by molar-refractivity contribution is -0.118. The van der Waals surface area contributed by atoms with Crippen molar-refractivity contribution in [3.8, 4) is 11.1 Å². The van der Waals surface area contributed by atoms with Crippen LogP contribution in [0, 0.1) is 0 Å². The fraction of sp³-hybridized carbons (Fsp3) is 0.310. The van der Waals surface area contributed by atoms with Gasteiger partial charge in [-0.1, -0.05) is 66.7 Å². The summed E-state index contributed by atoms with van der Waals surface area (Å²) in [6.07, 6.45) is -0.867. The molecule has 1 amide bonds. The first-order valence-electron chi connectivity index (χ1n) is 12.1. The molecular weight excluding hydrogens is 442 g/mol. The van der Waals surface area contributed by atoms with Gasteiger partial charge in [-0.2, -0.15) is 0 Å². The molecular formula is C29H29NO5. The van der Waals surface area contributed by atoms with Crippen LogP contribution < -0.4 is 5.32 Å². The lowest BCUT2D eigenvalue weighted by Gasteiger charge is -2.21. The lowest BCUT2D eigenvalue weighted by Crippen LogP contribution is -2.30. The highest BCUT2D eigenvalue weighted by Gasteiger charge is 2.29. The molecule has 35 heavy (non-hydrogen) atoms. The number of Topliss-reactive ketones (excluding diaryl/α,β-unsaturated/α-hetero) is 1. The number of benzene rings is 3. The van der Waals surface area contributed by atoms with Crippen molar-refractivity contribution >= 4 is 11.9 Å². The van der Waals surface area contributed by atoms with Crippen molar-refractivity contribution in [2.45, 2.75) is 43.8 Å². The number of ether oxygens (including phenoxy) is 1. The van der Waals surface area contributed by atoms with Crippen LogP contribution in [0.2, 0.25) is 0 Å². The van der Waals surface area contributed by atoms with E-state index in [1.54, 1.807) is 6.07 Å². The van der Waals surface area contributed by atoms with Crippen molar-refractivity contribution in [2.75, 3.05) is 13.2 Å². The minimum Gasteiger partial charge on any atom is -0.449 e. The Morgan fingerprint density at radius 2 is 1.63 bits per heavy atom. The first kappa shape index (κ1) is 23.3. The van der Waals surface area contributed by atoms with Gasteiger partial charge in [0.25, 0.3) is 0 Å². The van der Waals surface area contributed by atoms with Gasteiger partial charge in [0, 0.05) is 25.3 Å². The molecule has 0 aliphatic heterocycles. The van der Waals surface area contributed by atoms with Crippen LogP contribution in [0.3, 0.4) is 0 Å². The molecule has 3 aromatic rings. The summed E-state index contributed by atoms with van der Waals surface area (Å²) in [5.74, 6) is 0.213. The molecule has 0 fully saturated rings. The van der Waals surface area contributed by atoms with Crippen LogP contribution in [0.25, 0.3) is 11.1 Å². The summed E-state index contributed by atoms with van der Waals surface area (Å²) in [7, 11) is 0. The van der Waals surface area contributed by atoms with E-state index in [0.29, 0.717) is 24.8 Å². The van der Waals surface area contributed by atoms with Gasteiger partial charge in [-0.25, -0.2) is 4.79 Å². The maximum absolute atomic E-state index is 12.3. The number of hydrogen-bond acceptors (Lipinski definition) is 5. The van der Waals surface area contributed by atoms with E-state index < -0.39 is 18.3 Å². The van der Waals surface area contributed by atoms with E-state index in [4.69, 9.17) is 4.74 Å².